The van der Waals surface area contributed by atoms with Crippen molar-refractivity contribution in [2.45, 2.75) is 18.6 Å². The van der Waals surface area contributed by atoms with Gasteiger partial charge >= 0.3 is 6.18 Å². The number of alkyl halides is 3. The standard InChI is InChI=1S/C12H13F4NO3S/c1-21(19,20)5-4-10(17)11(18)7-2-3-8(9(13)6-7)12(14,15)16/h2-3,6,10H,4-5,17H2,1H3. The van der Waals surface area contributed by atoms with E-state index in [2.05, 4.69) is 0 Å². The first kappa shape index (κ1) is 17.6. The molecule has 0 aliphatic heterocycles. The maximum absolute atomic E-state index is 13.3. The summed E-state index contributed by atoms with van der Waals surface area (Å²) in [6.45, 7) is 0. The second kappa shape index (κ2) is 6.10. The number of carbonyl (C=O) groups is 1. The number of carbonyl (C=O) groups excluding carboxylic acids is 1. The molecule has 0 radical (unpaired) electrons. The Bertz CT molecular complexity index is 640. The Morgan fingerprint density at radius 1 is 1.33 bits per heavy atom. The number of sulfone groups is 1. The molecule has 1 aromatic carbocycles. The number of benzene rings is 1. The van der Waals surface area contributed by atoms with E-state index in [0.29, 0.717) is 12.1 Å². The predicted molar refractivity (Wildman–Crippen MR) is 68.0 cm³/mol. The van der Waals surface area contributed by atoms with E-state index in [1.54, 1.807) is 0 Å². The highest BCUT2D eigenvalue weighted by Crippen LogP contribution is 2.31. The Morgan fingerprint density at radius 2 is 1.90 bits per heavy atom. The van der Waals surface area contributed by atoms with Gasteiger partial charge in [-0.05, 0) is 18.6 Å². The monoisotopic (exact) mass is 327 g/mol. The molecule has 0 fully saturated rings. The Balaban J connectivity index is 2.91. The van der Waals surface area contributed by atoms with Gasteiger partial charge in [-0.15, -0.1) is 0 Å². The SMILES string of the molecule is CS(=O)(=O)CCC(N)C(=O)c1ccc(C(F)(F)F)c(F)c1. The summed E-state index contributed by atoms with van der Waals surface area (Å²) >= 11 is 0. The van der Waals surface area contributed by atoms with Crippen LogP contribution < -0.4 is 5.73 Å². The number of hydrogen-bond donors (Lipinski definition) is 1. The maximum Gasteiger partial charge on any atom is 0.419 e. The van der Waals surface area contributed by atoms with E-state index < -0.39 is 39.2 Å². The van der Waals surface area contributed by atoms with Crippen LogP contribution in [0.3, 0.4) is 0 Å². The molecular formula is C12H13F4NO3S. The van der Waals surface area contributed by atoms with E-state index >= 15 is 0 Å². The Morgan fingerprint density at radius 3 is 2.33 bits per heavy atom. The van der Waals surface area contributed by atoms with E-state index in [4.69, 9.17) is 5.73 Å². The van der Waals surface area contributed by atoms with Crippen LogP contribution in [0.5, 0.6) is 0 Å². The number of nitrogens with two attached hydrogens (primary N) is 1. The third-order valence-corrected chi connectivity index (χ3v) is 3.67. The Labute approximate surface area is 118 Å². The molecule has 0 aliphatic rings. The van der Waals surface area contributed by atoms with E-state index in [9.17, 15) is 30.8 Å². The molecule has 0 spiro atoms. The Kier molecular flexibility index (Phi) is 5.11. The average Bonchev–Trinajstić information content (AvgIpc) is 2.32. The molecule has 4 nitrogen and oxygen atoms in total. The quantitative estimate of drug-likeness (QED) is 0.661. The van der Waals surface area contributed by atoms with Crippen molar-refractivity contribution < 1.29 is 30.8 Å². The highest BCUT2D eigenvalue weighted by Gasteiger charge is 2.34. The van der Waals surface area contributed by atoms with E-state index in [-0.39, 0.29) is 17.7 Å². The molecular weight excluding hydrogens is 314 g/mol. The molecule has 0 amide bonds. The Hall–Kier alpha value is -1.48. The zero-order chi connectivity index (χ0) is 16.4. The summed E-state index contributed by atoms with van der Waals surface area (Å²) in [5, 5.41) is 0. The molecule has 1 aromatic rings. The summed E-state index contributed by atoms with van der Waals surface area (Å²) < 4.78 is 72.4. The molecule has 0 heterocycles. The first-order chi connectivity index (χ1) is 9.42. The molecule has 0 saturated heterocycles. The molecule has 9 heteroatoms. The average molecular weight is 327 g/mol. The summed E-state index contributed by atoms with van der Waals surface area (Å²) in [6, 6.07) is 0.488. The fourth-order valence-corrected chi connectivity index (χ4v) is 2.27. The largest absolute Gasteiger partial charge is 0.419 e. The maximum atomic E-state index is 13.3. The summed E-state index contributed by atoms with van der Waals surface area (Å²) in [7, 11) is -3.32. The van der Waals surface area contributed by atoms with Gasteiger partial charge < -0.3 is 5.73 Å². The minimum absolute atomic E-state index is 0.194. The van der Waals surface area contributed by atoms with Crippen LogP contribution in [-0.2, 0) is 16.0 Å². The number of Topliss-reactive ketones (excluding diaryl/α,β-unsaturated/α-hetero) is 1. The molecule has 0 saturated carbocycles. The van der Waals surface area contributed by atoms with Crippen LogP contribution in [-0.4, -0.2) is 32.3 Å². The minimum atomic E-state index is -4.86. The van der Waals surface area contributed by atoms with Gasteiger partial charge in [0, 0.05) is 11.8 Å². The topological polar surface area (TPSA) is 77.2 Å². The van der Waals surface area contributed by atoms with E-state index in [1.165, 1.54) is 0 Å². The first-order valence-electron chi connectivity index (χ1n) is 5.76. The summed E-state index contributed by atoms with van der Waals surface area (Å²) in [4.78, 5) is 11.8. The van der Waals surface area contributed by atoms with Crippen LogP contribution in [0.15, 0.2) is 18.2 Å². The number of halogens is 4. The molecule has 1 atom stereocenters. The molecule has 0 aromatic heterocycles. The normalized spacial score (nSPS) is 14.0. The second-order valence-corrected chi connectivity index (χ2v) is 6.84. The van der Waals surface area contributed by atoms with Crippen molar-refractivity contribution in [2.24, 2.45) is 5.73 Å². The number of rotatable bonds is 5. The van der Waals surface area contributed by atoms with Crippen molar-refractivity contribution >= 4 is 15.6 Å². The van der Waals surface area contributed by atoms with Gasteiger partial charge in [-0.1, -0.05) is 6.07 Å². The van der Waals surface area contributed by atoms with Gasteiger partial charge in [0.25, 0.3) is 0 Å². The molecule has 118 valence electrons. The molecule has 2 N–H and O–H groups in total. The lowest BCUT2D eigenvalue weighted by Crippen LogP contribution is -2.32. The highest BCUT2D eigenvalue weighted by atomic mass is 32.2. The second-order valence-electron chi connectivity index (χ2n) is 4.58. The van der Waals surface area contributed by atoms with E-state index in [0.717, 1.165) is 12.3 Å². The van der Waals surface area contributed by atoms with Crippen molar-refractivity contribution in [3.8, 4) is 0 Å². The zero-order valence-electron chi connectivity index (χ0n) is 10.9. The van der Waals surface area contributed by atoms with Gasteiger partial charge in [0.2, 0.25) is 0 Å². The first-order valence-corrected chi connectivity index (χ1v) is 7.82. The molecule has 21 heavy (non-hydrogen) atoms. The molecule has 0 aliphatic carbocycles. The zero-order valence-corrected chi connectivity index (χ0v) is 11.8. The van der Waals surface area contributed by atoms with Crippen molar-refractivity contribution in [2.75, 3.05) is 12.0 Å². The molecule has 1 unspecified atom stereocenters. The van der Waals surface area contributed by atoms with Crippen LogP contribution in [0.1, 0.15) is 22.3 Å². The lowest BCUT2D eigenvalue weighted by Gasteiger charge is -2.12. The van der Waals surface area contributed by atoms with Crippen molar-refractivity contribution in [3.05, 3.63) is 35.1 Å². The van der Waals surface area contributed by atoms with Crippen LogP contribution in [0.25, 0.3) is 0 Å². The molecule has 0 bridgehead atoms. The lowest BCUT2D eigenvalue weighted by molar-refractivity contribution is -0.140. The third-order valence-electron chi connectivity index (χ3n) is 2.70. The smallest absolute Gasteiger partial charge is 0.321 e. The summed E-state index contributed by atoms with van der Waals surface area (Å²) in [5.74, 6) is -2.74. The van der Waals surface area contributed by atoms with Gasteiger partial charge in [0.15, 0.2) is 5.78 Å². The van der Waals surface area contributed by atoms with E-state index in [1.807, 2.05) is 0 Å². The lowest BCUT2D eigenvalue weighted by atomic mass is 10.0. The minimum Gasteiger partial charge on any atom is -0.321 e. The summed E-state index contributed by atoms with van der Waals surface area (Å²) in [5.41, 5.74) is 3.66. The fraction of sp³-hybridized carbons (Fsp3) is 0.417. The van der Waals surface area contributed by atoms with Gasteiger partial charge in [-0.3, -0.25) is 4.79 Å². The number of hydrogen-bond acceptors (Lipinski definition) is 4. The van der Waals surface area contributed by atoms with Crippen molar-refractivity contribution in [1.82, 2.24) is 0 Å². The van der Waals surface area contributed by atoms with Gasteiger partial charge in [0.1, 0.15) is 15.7 Å². The fourth-order valence-electron chi connectivity index (χ4n) is 1.58. The van der Waals surface area contributed by atoms with Gasteiger partial charge in [-0.25, -0.2) is 12.8 Å². The van der Waals surface area contributed by atoms with Crippen molar-refractivity contribution in [1.29, 1.82) is 0 Å². The molecule has 1 rings (SSSR count). The van der Waals surface area contributed by atoms with Crippen LogP contribution in [0.4, 0.5) is 17.6 Å². The van der Waals surface area contributed by atoms with Crippen molar-refractivity contribution in [3.63, 3.8) is 0 Å². The number of ketones is 1. The summed E-state index contributed by atoms with van der Waals surface area (Å²) in [6.07, 6.45) is -4.09. The van der Waals surface area contributed by atoms with Gasteiger partial charge in [0.05, 0.1) is 17.4 Å². The van der Waals surface area contributed by atoms with Crippen LogP contribution >= 0.6 is 0 Å². The van der Waals surface area contributed by atoms with Gasteiger partial charge in [-0.2, -0.15) is 13.2 Å². The third kappa shape index (κ3) is 5.09. The van der Waals surface area contributed by atoms with Crippen LogP contribution in [0.2, 0.25) is 0 Å². The predicted octanol–water partition coefficient (Wildman–Crippen LogP) is 1.79. The van der Waals surface area contributed by atoms with Crippen LogP contribution in [0, 0.1) is 5.82 Å². The highest BCUT2D eigenvalue weighted by molar-refractivity contribution is 7.90.